The Labute approximate surface area is 106 Å². The van der Waals surface area contributed by atoms with E-state index in [1.807, 2.05) is 25.6 Å². The van der Waals surface area contributed by atoms with E-state index in [0.717, 1.165) is 17.0 Å². The maximum atomic E-state index is 10.9. The predicted octanol–water partition coefficient (Wildman–Crippen LogP) is -0.0568. The van der Waals surface area contributed by atoms with Gasteiger partial charge in [0.25, 0.3) is 0 Å². The Hall–Kier alpha value is -1.40. The molecule has 1 aliphatic rings. The topological polar surface area (TPSA) is 79.2 Å². The lowest BCUT2D eigenvalue weighted by molar-refractivity contribution is -0.139. The molecule has 100 valence electrons. The van der Waals surface area contributed by atoms with Crippen molar-refractivity contribution in [2.45, 2.75) is 32.4 Å². The zero-order valence-corrected chi connectivity index (χ0v) is 11.1. The summed E-state index contributed by atoms with van der Waals surface area (Å²) in [5, 5.41) is 19.8. The van der Waals surface area contributed by atoms with E-state index in [1.165, 1.54) is 0 Å². The highest BCUT2D eigenvalue weighted by Crippen LogP contribution is 2.19. The number of hydrogen-bond donors (Lipinski definition) is 3. The van der Waals surface area contributed by atoms with Gasteiger partial charge in [0.05, 0.1) is 17.7 Å². The van der Waals surface area contributed by atoms with Crippen molar-refractivity contribution in [1.82, 2.24) is 20.4 Å². The van der Waals surface area contributed by atoms with E-state index in [9.17, 15) is 4.79 Å². The van der Waals surface area contributed by atoms with Gasteiger partial charge in [0, 0.05) is 37.9 Å². The first kappa shape index (κ1) is 13.0. The van der Waals surface area contributed by atoms with Crippen molar-refractivity contribution < 1.29 is 9.90 Å². The Morgan fingerprint density at radius 2 is 2.22 bits per heavy atom. The Morgan fingerprint density at radius 1 is 1.56 bits per heavy atom. The fourth-order valence-corrected chi connectivity index (χ4v) is 2.38. The molecule has 6 heteroatoms. The number of nitrogens with one attached hydrogen (secondary N) is 2. The summed E-state index contributed by atoms with van der Waals surface area (Å²) in [5.41, 5.74) is 2.98. The second-order valence-electron chi connectivity index (χ2n) is 5.08. The fraction of sp³-hybridized carbons (Fsp3) is 0.667. The van der Waals surface area contributed by atoms with Gasteiger partial charge >= 0.3 is 5.97 Å². The second kappa shape index (κ2) is 4.70. The van der Waals surface area contributed by atoms with E-state index in [0.29, 0.717) is 19.6 Å². The summed E-state index contributed by atoms with van der Waals surface area (Å²) >= 11 is 0. The van der Waals surface area contributed by atoms with Crippen molar-refractivity contribution in [2.24, 2.45) is 7.05 Å². The molecular weight excluding hydrogens is 232 g/mol. The number of carbonyl (C=O) groups is 1. The largest absolute Gasteiger partial charge is 0.481 e. The molecule has 1 aliphatic heterocycles. The van der Waals surface area contributed by atoms with Gasteiger partial charge in [-0.3, -0.25) is 9.48 Å². The first-order chi connectivity index (χ1) is 8.43. The number of hydrogen-bond acceptors (Lipinski definition) is 4. The third kappa shape index (κ3) is 2.39. The van der Waals surface area contributed by atoms with Gasteiger partial charge in [-0.05, 0) is 13.8 Å². The summed E-state index contributed by atoms with van der Waals surface area (Å²) in [7, 11) is 1.92. The van der Waals surface area contributed by atoms with Crippen molar-refractivity contribution in [3.05, 3.63) is 17.0 Å². The molecule has 1 saturated heterocycles. The van der Waals surface area contributed by atoms with Crippen LogP contribution in [0, 0.1) is 13.8 Å². The lowest BCUT2D eigenvalue weighted by Gasteiger charge is -2.42. The molecule has 0 saturated carbocycles. The van der Waals surface area contributed by atoms with Gasteiger partial charge in [0.2, 0.25) is 0 Å². The number of aromatic nitrogens is 2. The molecule has 0 atom stereocenters. The van der Waals surface area contributed by atoms with Crippen LogP contribution in [0.3, 0.4) is 0 Å². The summed E-state index contributed by atoms with van der Waals surface area (Å²) < 4.78 is 1.86. The molecule has 18 heavy (non-hydrogen) atoms. The minimum absolute atomic E-state index is 0.151. The van der Waals surface area contributed by atoms with E-state index in [4.69, 9.17) is 5.11 Å². The molecule has 1 aromatic rings. The highest BCUT2D eigenvalue weighted by molar-refractivity contribution is 5.68. The Kier molecular flexibility index (Phi) is 3.41. The lowest BCUT2D eigenvalue weighted by Crippen LogP contribution is -2.68. The molecule has 0 amide bonds. The highest BCUT2D eigenvalue weighted by Gasteiger charge is 2.38. The SMILES string of the molecule is Cc1nn(C)c(C)c1CNC1(CC(=O)O)CNC1. The number of nitrogens with zero attached hydrogens (tertiary/aromatic N) is 2. The third-order valence-electron chi connectivity index (χ3n) is 3.72. The summed E-state index contributed by atoms with van der Waals surface area (Å²) in [6, 6.07) is 0. The monoisotopic (exact) mass is 252 g/mol. The van der Waals surface area contributed by atoms with Crippen LogP contribution < -0.4 is 10.6 Å². The average Bonchev–Trinajstić information content (AvgIpc) is 2.46. The lowest BCUT2D eigenvalue weighted by atomic mass is 9.88. The summed E-state index contributed by atoms with van der Waals surface area (Å²) in [4.78, 5) is 10.9. The molecule has 0 unspecified atom stereocenters. The van der Waals surface area contributed by atoms with E-state index in [-0.39, 0.29) is 12.0 Å². The van der Waals surface area contributed by atoms with Gasteiger partial charge in [0.1, 0.15) is 0 Å². The normalized spacial score (nSPS) is 17.5. The maximum absolute atomic E-state index is 10.9. The smallest absolute Gasteiger partial charge is 0.305 e. The number of rotatable bonds is 5. The number of aliphatic carboxylic acids is 1. The van der Waals surface area contributed by atoms with Gasteiger partial charge in [-0.2, -0.15) is 5.10 Å². The molecule has 3 N–H and O–H groups in total. The van der Waals surface area contributed by atoms with Crippen molar-refractivity contribution in [3.8, 4) is 0 Å². The first-order valence-electron chi connectivity index (χ1n) is 6.10. The van der Waals surface area contributed by atoms with E-state index in [2.05, 4.69) is 15.7 Å². The van der Waals surface area contributed by atoms with Crippen LogP contribution in [0.4, 0.5) is 0 Å². The van der Waals surface area contributed by atoms with Crippen molar-refractivity contribution >= 4 is 5.97 Å². The van der Waals surface area contributed by atoms with Gasteiger partial charge in [-0.25, -0.2) is 0 Å². The van der Waals surface area contributed by atoms with Crippen LogP contribution in [0.2, 0.25) is 0 Å². The molecule has 2 heterocycles. The Morgan fingerprint density at radius 3 is 2.61 bits per heavy atom. The summed E-state index contributed by atoms with van der Waals surface area (Å²) in [6.45, 7) is 6.09. The van der Waals surface area contributed by atoms with Gasteiger partial charge in [0.15, 0.2) is 0 Å². The zero-order chi connectivity index (χ0) is 13.3. The Balaban J connectivity index is 2.04. The average molecular weight is 252 g/mol. The van der Waals surface area contributed by atoms with Crippen LogP contribution in [0.5, 0.6) is 0 Å². The first-order valence-corrected chi connectivity index (χ1v) is 6.10. The van der Waals surface area contributed by atoms with Crippen molar-refractivity contribution in [1.29, 1.82) is 0 Å². The standard InChI is InChI=1S/C12H20N4O2/c1-8-10(9(2)16(3)15-8)5-14-12(4-11(17)18)6-13-7-12/h13-14H,4-7H2,1-3H3,(H,17,18). The van der Waals surface area contributed by atoms with E-state index >= 15 is 0 Å². The third-order valence-corrected chi connectivity index (χ3v) is 3.72. The maximum Gasteiger partial charge on any atom is 0.305 e. The van der Waals surface area contributed by atoms with Crippen molar-refractivity contribution in [2.75, 3.05) is 13.1 Å². The summed E-state index contributed by atoms with van der Waals surface area (Å²) in [5.74, 6) is -0.761. The molecule has 2 rings (SSSR count). The second-order valence-corrected chi connectivity index (χ2v) is 5.08. The zero-order valence-electron chi connectivity index (χ0n) is 11.1. The van der Waals surface area contributed by atoms with Crippen molar-refractivity contribution in [3.63, 3.8) is 0 Å². The number of carboxylic acids is 1. The van der Waals surface area contributed by atoms with Crippen LogP contribution >= 0.6 is 0 Å². The number of carboxylic acid groups (broad SMARTS) is 1. The highest BCUT2D eigenvalue weighted by atomic mass is 16.4. The molecule has 6 nitrogen and oxygen atoms in total. The van der Waals surface area contributed by atoms with Gasteiger partial charge in [-0.15, -0.1) is 0 Å². The minimum atomic E-state index is -0.761. The number of aryl methyl sites for hydroxylation is 2. The van der Waals surface area contributed by atoms with Crippen LogP contribution in [-0.2, 0) is 18.4 Å². The molecular formula is C12H20N4O2. The minimum Gasteiger partial charge on any atom is -0.481 e. The quantitative estimate of drug-likeness (QED) is 0.684. The molecule has 0 bridgehead atoms. The van der Waals surface area contributed by atoms with E-state index < -0.39 is 5.97 Å². The summed E-state index contributed by atoms with van der Waals surface area (Å²) in [6.07, 6.45) is 0.151. The molecule has 0 radical (unpaired) electrons. The van der Waals surface area contributed by atoms with Gasteiger partial charge < -0.3 is 15.7 Å². The fourth-order valence-electron chi connectivity index (χ4n) is 2.38. The predicted molar refractivity (Wildman–Crippen MR) is 67.4 cm³/mol. The van der Waals surface area contributed by atoms with Crippen LogP contribution in [0.1, 0.15) is 23.4 Å². The molecule has 0 aromatic carbocycles. The van der Waals surface area contributed by atoms with Crippen LogP contribution in [0.15, 0.2) is 0 Å². The molecule has 1 fully saturated rings. The molecule has 0 spiro atoms. The van der Waals surface area contributed by atoms with E-state index in [1.54, 1.807) is 0 Å². The van der Waals surface area contributed by atoms with Crippen LogP contribution in [0.25, 0.3) is 0 Å². The van der Waals surface area contributed by atoms with Gasteiger partial charge in [-0.1, -0.05) is 0 Å². The molecule has 0 aliphatic carbocycles. The Bertz CT molecular complexity index is 463. The van der Waals surface area contributed by atoms with Crippen LogP contribution in [-0.4, -0.2) is 39.5 Å². The molecule has 1 aromatic heterocycles.